The van der Waals surface area contributed by atoms with Crippen LogP contribution in [0.1, 0.15) is 39.7 Å². The Morgan fingerprint density at radius 3 is 2.39 bits per heavy atom. The maximum atomic E-state index is 5.40. The van der Waals surface area contributed by atoms with Gasteiger partial charge in [0.25, 0.3) is 0 Å². The van der Waals surface area contributed by atoms with Crippen LogP contribution in [0.4, 0.5) is 0 Å². The number of ether oxygens (including phenoxy) is 1. The summed E-state index contributed by atoms with van der Waals surface area (Å²) in [5, 5.41) is 0. The topological polar surface area (TPSA) is 9.23 Å². The predicted octanol–water partition coefficient (Wildman–Crippen LogP) is 4.76. The zero-order chi connectivity index (χ0) is 13.8. The standard InChI is InChI=1S/C17H27O/c1-13(11-14(2)17(3,4)5)12-15-9-7-8-10-16(15)18-6/h7-10,13-14H,2,11-12H2,1,3-6H3. The van der Waals surface area contributed by atoms with Crippen molar-refractivity contribution in [3.63, 3.8) is 0 Å². The fourth-order valence-electron chi connectivity index (χ4n) is 2.17. The van der Waals surface area contributed by atoms with Crippen molar-refractivity contribution < 1.29 is 4.74 Å². The molecule has 0 saturated carbocycles. The lowest BCUT2D eigenvalue weighted by molar-refractivity contribution is 0.244. The molecule has 101 valence electrons. The summed E-state index contributed by atoms with van der Waals surface area (Å²) in [5.74, 6) is 2.12. The molecule has 0 heterocycles. The molecule has 1 heteroatoms. The molecule has 1 rings (SSSR count). The average Bonchev–Trinajstić information content (AvgIpc) is 2.28. The van der Waals surface area contributed by atoms with Gasteiger partial charge in [-0.25, -0.2) is 0 Å². The zero-order valence-corrected chi connectivity index (χ0v) is 12.5. The van der Waals surface area contributed by atoms with Gasteiger partial charge < -0.3 is 4.74 Å². The van der Waals surface area contributed by atoms with Crippen molar-refractivity contribution in [1.29, 1.82) is 0 Å². The highest BCUT2D eigenvalue weighted by Gasteiger charge is 2.22. The Hall–Kier alpha value is -0.980. The molecule has 18 heavy (non-hydrogen) atoms. The van der Waals surface area contributed by atoms with Gasteiger partial charge in [-0.1, -0.05) is 45.9 Å². The molecule has 0 aromatic heterocycles. The highest BCUT2D eigenvalue weighted by Crippen LogP contribution is 2.32. The maximum absolute atomic E-state index is 5.40. The summed E-state index contributed by atoms with van der Waals surface area (Å²) >= 11 is 0. The fourth-order valence-corrected chi connectivity index (χ4v) is 2.17. The Labute approximate surface area is 113 Å². The van der Waals surface area contributed by atoms with Crippen LogP contribution >= 0.6 is 0 Å². The van der Waals surface area contributed by atoms with Crippen LogP contribution in [0.2, 0.25) is 0 Å². The molecule has 0 amide bonds. The van der Waals surface area contributed by atoms with Gasteiger partial charge in [0.15, 0.2) is 0 Å². The summed E-state index contributed by atoms with van der Waals surface area (Å²) in [6.07, 6.45) is 2.22. The third-order valence-corrected chi connectivity index (χ3v) is 3.67. The second-order valence-electron chi connectivity index (χ2n) is 6.42. The minimum Gasteiger partial charge on any atom is -0.496 e. The molecule has 1 aromatic carbocycles. The van der Waals surface area contributed by atoms with Crippen molar-refractivity contribution in [1.82, 2.24) is 0 Å². The zero-order valence-electron chi connectivity index (χ0n) is 12.5. The molecule has 2 atom stereocenters. The van der Waals surface area contributed by atoms with Crippen molar-refractivity contribution in [3.8, 4) is 5.75 Å². The maximum Gasteiger partial charge on any atom is 0.122 e. The number of hydrogen-bond donors (Lipinski definition) is 0. The van der Waals surface area contributed by atoms with Crippen molar-refractivity contribution in [3.05, 3.63) is 36.8 Å². The third-order valence-electron chi connectivity index (χ3n) is 3.67. The van der Waals surface area contributed by atoms with E-state index in [0.717, 1.165) is 18.6 Å². The van der Waals surface area contributed by atoms with Gasteiger partial charge in [-0.2, -0.15) is 0 Å². The Balaban J connectivity index is 2.62. The smallest absolute Gasteiger partial charge is 0.122 e. The van der Waals surface area contributed by atoms with Gasteiger partial charge in [0.05, 0.1) is 7.11 Å². The SMILES string of the molecule is [CH2]C(CC(C)Cc1ccccc1OC)C(C)(C)C. The second-order valence-corrected chi connectivity index (χ2v) is 6.42. The first-order valence-electron chi connectivity index (χ1n) is 6.79. The fraction of sp³-hybridized carbons (Fsp3) is 0.588. The third kappa shape index (κ3) is 4.36. The summed E-state index contributed by atoms with van der Waals surface area (Å²) in [6, 6.07) is 8.29. The van der Waals surface area contributed by atoms with E-state index < -0.39 is 0 Å². The monoisotopic (exact) mass is 247 g/mol. The second kappa shape index (κ2) is 6.26. The molecule has 0 N–H and O–H groups in total. The number of para-hydroxylation sites is 1. The molecule has 0 spiro atoms. The first kappa shape index (κ1) is 15.1. The Bertz CT molecular complexity index is 362. The largest absolute Gasteiger partial charge is 0.496 e. The highest BCUT2D eigenvalue weighted by molar-refractivity contribution is 5.33. The lowest BCUT2D eigenvalue weighted by atomic mass is 9.76. The summed E-state index contributed by atoms with van der Waals surface area (Å²) in [6.45, 7) is 13.4. The van der Waals surface area contributed by atoms with Crippen LogP contribution < -0.4 is 4.74 Å². The summed E-state index contributed by atoms with van der Waals surface area (Å²) in [7, 11) is 1.74. The van der Waals surface area contributed by atoms with Crippen LogP contribution in [-0.4, -0.2) is 7.11 Å². The molecule has 0 aliphatic carbocycles. The molecule has 0 aliphatic heterocycles. The van der Waals surface area contributed by atoms with Gasteiger partial charge in [-0.05, 0) is 48.6 Å². The van der Waals surface area contributed by atoms with Gasteiger partial charge in [0.1, 0.15) is 5.75 Å². The molecular formula is C17H27O. The number of benzene rings is 1. The molecule has 2 unspecified atom stereocenters. The minimum absolute atomic E-state index is 0.287. The van der Waals surface area contributed by atoms with Crippen molar-refractivity contribution in [2.75, 3.05) is 7.11 Å². The van der Waals surface area contributed by atoms with Crippen molar-refractivity contribution in [2.24, 2.45) is 17.3 Å². The Kier molecular flexibility index (Phi) is 5.25. The predicted molar refractivity (Wildman–Crippen MR) is 78.8 cm³/mol. The molecule has 1 radical (unpaired) electrons. The van der Waals surface area contributed by atoms with E-state index in [-0.39, 0.29) is 5.41 Å². The van der Waals surface area contributed by atoms with E-state index in [0.29, 0.717) is 11.8 Å². The molecule has 0 fully saturated rings. The molecular weight excluding hydrogens is 220 g/mol. The van der Waals surface area contributed by atoms with Crippen LogP contribution in [0.25, 0.3) is 0 Å². The highest BCUT2D eigenvalue weighted by atomic mass is 16.5. The average molecular weight is 247 g/mol. The lowest BCUT2D eigenvalue weighted by Gasteiger charge is -2.29. The van der Waals surface area contributed by atoms with Crippen molar-refractivity contribution in [2.45, 2.75) is 40.5 Å². The van der Waals surface area contributed by atoms with Gasteiger partial charge in [0, 0.05) is 0 Å². The van der Waals surface area contributed by atoms with E-state index in [2.05, 4.69) is 46.8 Å². The van der Waals surface area contributed by atoms with E-state index in [1.807, 2.05) is 12.1 Å². The minimum atomic E-state index is 0.287. The molecule has 0 aliphatic rings. The number of hydrogen-bond acceptors (Lipinski definition) is 1. The van der Waals surface area contributed by atoms with Gasteiger partial charge >= 0.3 is 0 Å². The van der Waals surface area contributed by atoms with Gasteiger partial charge in [0.2, 0.25) is 0 Å². The lowest BCUT2D eigenvalue weighted by Crippen LogP contribution is -2.20. The molecule has 0 saturated heterocycles. The van der Waals surface area contributed by atoms with Gasteiger partial charge in [-0.15, -0.1) is 0 Å². The van der Waals surface area contributed by atoms with Gasteiger partial charge in [-0.3, -0.25) is 0 Å². The van der Waals surface area contributed by atoms with Crippen LogP contribution in [0.15, 0.2) is 24.3 Å². The van der Waals surface area contributed by atoms with Crippen LogP contribution in [-0.2, 0) is 6.42 Å². The van der Waals surface area contributed by atoms with Crippen LogP contribution in [0, 0.1) is 24.2 Å². The normalized spacial score (nSPS) is 15.2. The van der Waals surface area contributed by atoms with E-state index in [9.17, 15) is 0 Å². The number of rotatable bonds is 5. The van der Waals surface area contributed by atoms with E-state index >= 15 is 0 Å². The Morgan fingerprint density at radius 2 is 1.83 bits per heavy atom. The summed E-state index contributed by atoms with van der Waals surface area (Å²) in [4.78, 5) is 0. The van der Waals surface area contributed by atoms with Crippen LogP contribution in [0.3, 0.4) is 0 Å². The summed E-state index contributed by atoms with van der Waals surface area (Å²) < 4.78 is 5.40. The van der Waals surface area contributed by atoms with E-state index in [1.165, 1.54) is 5.56 Å². The number of methoxy groups -OCH3 is 1. The van der Waals surface area contributed by atoms with Crippen LogP contribution in [0.5, 0.6) is 5.75 Å². The quantitative estimate of drug-likeness (QED) is 0.729. The van der Waals surface area contributed by atoms with Crippen molar-refractivity contribution >= 4 is 0 Å². The molecule has 0 bridgehead atoms. The summed E-state index contributed by atoms with van der Waals surface area (Å²) in [5.41, 5.74) is 1.59. The first-order chi connectivity index (χ1) is 8.34. The van der Waals surface area contributed by atoms with E-state index in [1.54, 1.807) is 7.11 Å². The Morgan fingerprint density at radius 1 is 1.22 bits per heavy atom. The molecule has 1 aromatic rings. The first-order valence-corrected chi connectivity index (χ1v) is 6.79. The molecule has 1 nitrogen and oxygen atoms in total. The van der Waals surface area contributed by atoms with E-state index in [4.69, 9.17) is 4.74 Å².